The van der Waals surface area contributed by atoms with E-state index < -0.39 is 14.6 Å². The topological polar surface area (TPSA) is 74.7 Å². The summed E-state index contributed by atoms with van der Waals surface area (Å²) in [6.45, 7) is 3.90. The number of benzene rings is 2. The van der Waals surface area contributed by atoms with Gasteiger partial charge in [0, 0.05) is 18.5 Å². The number of rotatable bonds is 1. The van der Waals surface area contributed by atoms with Crippen LogP contribution in [0.3, 0.4) is 0 Å². The highest BCUT2D eigenvalue weighted by molar-refractivity contribution is 7.92. The second-order valence-electron chi connectivity index (χ2n) is 6.80. The number of carbonyl (C=O) groups is 1. The van der Waals surface area contributed by atoms with E-state index in [4.69, 9.17) is 0 Å². The molecular formula is C18H21NO4S. The molecule has 3 rings (SSSR count). The summed E-state index contributed by atoms with van der Waals surface area (Å²) in [6.07, 6.45) is 0.384. The Morgan fingerprint density at radius 2 is 1.83 bits per heavy atom. The first-order valence-electron chi connectivity index (χ1n) is 7.95. The molecule has 1 aliphatic heterocycles. The first-order chi connectivity index (χ1) is 11.2. The van der Waals surface area contributed by atoms with Gasteiger partial charge in [-0.3, -0.25) is 4.79 Å². The van der Waals surface area contributed by atoms with E-state index in [-0.39, 0.29) is 29.5 Å². The summed E-state index contributed by atoms with van der Waals surface area (Å²) in [5, 5.41) is 11.9. The number of aromatic hydroxyl groups is 1. The van der Waals surface area contributed by atoms with E-state index in [9.17, 15) is 18.3 Å². The van der Waals surface area contributed by atoms with E-state index in [1.807, 2.05) is 12.1 Å². The number of phenolic OH excluding ortho intramolecular Hbond substituents is 1. The third-order valence-corrected chi connectivity index (χ3v) is 7.48. The number of phenols is 1. The zero-order valence-corrected chi connectivity index (χ0v) is 14.6. The van der Waals surface area contributed by atoms with E-state index in [1.165, 1.54) is 4.90 Å². The van der Waals surface area contributed by atoms with Crippen molar-refractivity contribution in [2.24, 2.45) is 0 Å². The molecule has 6 heteroatoms. The quantitative estimate of drug-likeness (QED) is 0.860. The maximum absolute atomic E-state index is 12.8. The Balaban J connectivity index is 1.94. The molecule has 128 valence electrons. The van der Waals surface area contributed by atoms with Gasteiger partial charge in [0.25, 0.3) is 5.91 Å². The summed E-state index contributed by atoms with van der Waals surface area (Å²) in [7, 11) is -3.25. The van der Waals surface area contributed by atoms with Crippen molar-refractivity contribution >= 4 is 26.5 Å². The highest BCUT2D eigenvalue weighted by Gasteiger charge is 2.38. The summed E-state index contributed by atoms with van der Waals surface area (Å²) in [5.41, 5.74) is 0.214. The van der Waals surface area contributed by atoms with E-state index in [1.54, 1.807) is 38.1 Å². The van der Waals surface area contributed by atoms with Crippen molar-refractivity contribution in [3.8, 4) is 5.75 Å². The molecule has 24 heavy (non-hydrogen) atoms. The van der Waals surface area contributed by atoms with Gasteiger partial charge >= 0.3 is 0 Å². The Labute approximate surface area is 141 Å². The van der Waals surface area contributed by atoms with Gasteiger partial charge in [-0.15, -0.1) is 0 Å². The predicted molar refractivity (Wildman–Crippen MR) is 94.0 cm³/mol. The minimum absolute atomic E-state index is 0.0514. The number of hydrogen-bond acceptors (Lipinski definition) is 4. The van der Waals surface area contributed by atoms with E-state index in [2.05, 4.69) is 0 Å². The van der Waals surface area contributed by atoms with Crippen molar-refractivity contribution < 1.29 is 18.3 Å². The van der Waals surface area contributed by atoms with Crippen LogP contribution in [0.2, 0.25) is 0 Å². The van der Waals surface area contributed by atoms with E-state index in [0.717, 1.165) is 5.39 Å². The van der Waals surface area contributed by atoms with Crippen molar-refractivity contribution in [3.63, 3.8) is 0 Å². The molecule has 1 fully saturated rings. The van der Waals surface area contributed by atoms with Crippen LogP contribution in [0.5, 0.6) is 5.75 Å². The number of carbonyl (C=O) groups excluding carboxylic acids is 1. The number of sulfone groups is 1. The Hall–Kier alpha value is -2.08. The fourth-order valence-electron chi connectivity index (χ4n) is 2.98. The molecule has 0 unspecified atom stereocenters. The van der Waals surface area contributed by atoms with Crippen molar-refractivity contribution in [2.45, 2.75) is 25.0 Å². The van der Waals surface area contributed by atoms with Crippen LogP contribution >= 0.6 is 0 Å². The number of hydrogen-bond donors (Lipinski definition) is 1. The molecule has 0 aliphatic carbocycles. The first-order valence-corrected chi connectivity index (χ1v) is 9.60. The highest BCUT2D eigenvalue weighted by atomic mass is 32.2. The van der Waals surface area contributed by atoms with Gasteiger partial charge in [0.2, 0.25) is 0 Å². The third kappa shape index (κ3) is 2.75. The molecule has 1 aliphatic rings. The van der Waals surface area contributed by atoms with Gasteiger partial charge in [0.05, 0.1) is 16.1 Å². The maximum Gasteiger partial charge on any atom is 0.257 e. The van der Waals surface area contributed by atoms with Gasteiger partial charge in [0.15, 0.2) is 9.84 Å². The number of amides is 1. The predicted octanol–water partition coefficient (Wildman–Crippen LogP) is 2.58. The Kier molecular flexibility index (Phi) is 4.03. The Bertz CT molecular complexity index is 902. The molecule has 0 saturated carbocycles. The average molecular weight is 347 g/mol. The lowest BCUT2D eigenvalue weighted by molar-refractivity contribution is 0.0762. The summed E-state index contributed by atoms with van der Waals surface area (Å²) in [5.74, 6) is -0.435. The molecule has 0 radical (unpaired) electrons. The summed E-state index contributed by atoms with van der Waals surface area (Å²) in [4.78, 5) is 14.3. The lowest BCUT2D eigenvalue weighted by Crippen LogP contribution is -2.33. The van der Waals surface area contributed by atoms with Gasteiger partial charge in [-0.05, 0) is 31.7 Å². The van der Waals surface area contributed by atoms with Crippen LogP contribution < -0.4 is 0 Å². The first kappa shape index (κ1) is 16.8. The van der Waals surface area contributed by atoms with E-state index in [0.29, 0.717) is 18.4 Å². The van der Waals surface area contributed by atoms with Crippen LogP contribution in [0.4, 0.5) is 0 Å². The van der Waals surface area contributed by atoms with Crippen LogP contribution in [0, 0.1) is 0 Å². The molecule has 1 N–H and O–H groups in total. The van der Waals surface area contributed by atoms with Crippen LogP contribution in [-0.4, -0.2) is 47.9 Å². The van der Waals surface area contributed by atoms with Crippen LogP contribution in [-0.2, 0) is 9.84 Å². The van der Waals surface area contributed by atoms with Crippen LogP contribution in [0.15, 0.2) is 36.4 Å². The lowest BCUT2D eigenvalue weighted by Gasteiger charge is -2.23. The van der Waals surface area contributed by atoms with Crippen LogP contribution in [0.1, 0.15) is 30.6 Å². The molecule has 2 aromatic rings. The summed E-state index contributed by atoms with van der Waals surface area (Å²) in [6, 6.07) is 10.7. The molecule has 1 amide bonds. The van der Waals surface area contributed by atoms with Gasteiger partial charge in [0.1, 0.15) is 5.75 Å². The van der Waals surface area contributed by atoms with Crippen molar-refractivity contribution in [1.29, 1.82) is 0 Å². The lowest BCUT2D eigenvalue weighted by atomic mass is 10.0. The number of nitrogens with zero attached hydrogens (tertiary/aromatic N) is 1. The van der Waals surface area contributed by atoms with E-state index >= 15 is 0 Å². The van der Waals surface area contributed by atoms with Gasteiger partial charge < -0.3 is 10.0 Å². The molecule has 0 bridgehead atoms. The minimum atomic E-state index is -3.25. The Morgan fingerprint density at radius 3 is 2.58 bits per heavy atom. The third-order valence-electron chi connectivity index (χ3n) is 4.87. The maximum atomic E-state index is 12.8. The second-order valence-corrected chi connectivity index (χ2v) is 9.55. The zero-order valence-electron chi connectivity index (χ0n) is 13.8. The SMILES string of the molecule is CC1(C)CCN(C(=O)c2ccc3ccccc3c2O)CCS1(=O)=O. The van der Waals surface area contributed by atoms with Gasteiger partial charge in [-0.2, -0.15) is 0 Å². The fraction of sp³-hybridized carbons (Fsp3) is 0.389. The van der Waals surface area contributed by atoms with Crippen molar-refractivity contribution in [3.05, 3.63) is 42.0 Å². The molecule has 5 nitrogen and oxygen atoms in total. The molecule has 0 spiro atoms. The molecule has 0 atom stereocenters. The van der Waals surface area contributed by atoms with Crippen molar-refractivity contribution in [1.82, 2.24) is 4.90 Å². The smallest absolute Gasteiger partial charge is 0.257 e. The molecular weight excluding hydrogens is 326 g/mol. The summed E-state index contributed by atoms with van der Waals surface area (Å²) < 4.78 is 23.7. The van der Waals surface area contributed by atoms with Gasteiger partial charge in [-0.25, -0.2) is 8.42 Å². The largest absolute Gasteiger partial charge is 0.506 e. The normalized spacial score (nSPS) is 19.8. The van der Waals surface area contributed by atoms with Gasteiger partial charge in [-0.1, -0.05) is 30.3 Å². The molecule has 2 aromatic carbocycles. The Morgan fingerprint density at radius 1 is 1.12 bits per heavy atom. The zero-order chi connectivity index (χ0) is 17.5. The monoisotopic (exact) mass is 347 g/mol. The average Bonchev–Trinajstić information content (AvgIpc) is 2.64. The second kappa shape index (κ2) is 5.77. The van der Waals surface area contributed by atoms with Crippen molar-refractivity contribution in [2.75, 3.05) is 18.8 Å². The number of fused-ring (bicyclic) bond motifs is 1. The summed E-state index contributed by atoms with van der Waals surface area (Å²) >= 11 is 0. The molecule has 1 heterocycles. The molecule has 1 saturated heterocycles. The minimum Gasteiger partial charge on any atom is -0.506 e. The highest BCUT2D eigenvalue weighted by Crippen LogP contribution is 2.31. The standard InChI is InChI=1S/C18H21NO4S/c1-18(2)9-10-19(11-12-24(18,22)23)17(21)15-8-7-13-5-3-4-6-14(13)16(15)20/h3-8,20H,9-12H2,1-2H3. The molecule has 0 aromatic heterocycles. The van der Waals surface area contributed by atoms with Crippen LogP contribution in [0.25, 0.3) is 10.8 Å². The fourth-order valence-corrected chi connectivity index (χ4v) is 4.39.